The lowest BCUT2D eigenvalue weighted by Gasteiger charge is -1.97. The van der Waals surface area contributed by atoms with Gasteiger partial charge in [-0.3, -0.25) is 9.59 Å². The van der Waals surface area contributed by atoms with Crippen LogP contribution in [0, 0.1) is 0 Å². The van der Waals surface area contributed by atoms with E-state index in [1.807, 2.05) is 0 Å². The van der Waals surface area contributed by atoms with Gasteiger partial charge in [0.25, 0.3) is 11.8 Å². The highest BCUT2D eigenvalue weighted by molar-refractivity contribution is 8.27. The van der Waals surface area contributed by atoms with Crippen molar-refractivity contribution < 1.29 is 9.59 Å². The van der Waals surface area contributed by atoms with E-state index in [4.69, 9.17) is 24.4 Å². The highest BCUT2D eigenvalue weighted by atomic mass is 32.2. The minimum absolute atomic E-state index is 0.222. The average Bonchev–Trinajstić information content (AvgIpc) is 2.70. The number of thioether (sulfide) groups is 2. The molecule has 17 heavy (non-hydrogen) atoms. The fourth-order valence-corrected chi connectivity index (χ4v) is 3.38. The topological polar surface area (TPSA) is 58.2 Å². The molecule has 2 fully saturated rings. The molecule has 0 aromatic rings. The zero-order valence-electron chi connectivity index (χ0n) is 8.53. The van der Waals surface area contributed by atoms with Crippen molar-refractivity contribution in [2.45, 2.75) is 6.92 Å². The Labute approximate surface area is 117 Å². The van der Waals surface area contributed by atoms with Gasteiger partial charge in [0.1, 0.15) is 8.64 Å². The first-order valence-electron chi connectivity index (χ1n) is 4.46. The van der Waals surface area contributed by atoms with Crippen LogP contribution >= 0.6 is 48.0 Å². The van der Waals surface area contributed by atoms with Crippen molar-refractivity contribution in [3.8, 4) is 0 Å². The van der Waals surface area contributed by atoms with E-state index in [0.29, 0.717) is 24.0 Å². The van der Waals surface area contributed by atoms with Crippen molar-refractivity contribution in [1.82, 2.24) is 10.6 Å². The summed E-state index contributed by atoms with van der Waals surface area (Å²) in [7, 11) is 0. The number of hydrogen-bond donors (Lipinski definition) is 2. The molecule has 8 heteroatoms. The molecule has 0 atom stereocenters. The summed E-state index contributed by atoms with van der Waals surface area (Å²) in [6.45, 7) is 1.76. The summed E-state index contributed by atoms with van der Waals surface area (Å²) in [6, 6.07) is 0. The molecule has 0 unspecified atom stereocenters. The van der Waals surface area contributed by atoms with Crippen LogP contribution in [-0.2, 0) is 9.59 Å². The van der Waals surface area contributed by atoms with Gasteiger partial charge in [0, 0.05) is 0 Å². The number of amides is 2. The average molecular weight is 302 g/mol. The molecule has 0 spiro atoms. The highest BCUT2D eigenvalue weighted by Crippen LogP contribution is 2.30. The monoisotopic (exact) mass is 302 g/mol. The van der Waals surface area contributed by atoms with E-state index in [0.717, 1.165) is 0 Å². The lowest BCUT2D eigenvalue weighted by Crippen LogP contribution is -2.18. The van der Waals surface area contributed by atoms with Crippen LogP contribution in [-0.4, -0.2) is 20.5 Å². The Kier molecular flexibility index (Phi) is 3.67. The van der Waals surface area contributed by atoms with Crippen LogP contribution in [0.1, 0.15) is 6.92 Å². The summed E-state index contributed by atoms with van der Waals surface area (Å²) >= 11 is 12.1. The molecular weight excluding hydrogens is 296 g/mol. The molecule has 2 rings (SSSR count). The van der Waals surface area contributed by atoms with Crippen LogP contribution in [0.5, 0.6) is 0 Å². The van der Waals surface area contributed by atoms with E-state index in [9.17, 15) is 9.59 Å². The van der Waals surface area contributed by atoms with Gasteiger partial charge in [0.15, 0.2) is 0 Å². The molecule has 2 aliphatic heterocycles. The fourth-order valence-electron chi connectivity index (χ4n) is 1.26. The van der Waals surface area contributed by atoms with Crippen molar-refractivity contribution in [3.05, 3.63) is 21.5 Å². The van der Waals surface area contributed by atoms with Gasteiger partial charge in [-0.15, -0.1) is 0 Å². The van der Waals surface area contributed by atoms with Gasteiger partial charge < -0.3 is 10.6 Å². The first-order chi connectivity index (χ1) is 7.97. The van der Waals surface area contributed by atoms with Gasteiger partial charge >= 0.3 is 0 Å². The third-order valence-electron chi connectivity index (χ3n) is 1.96. The maximum Gasteiger partial charge on any atom is 0.263 e. The third-order valence-corrected chi connectivity index (χ3v) is 4.48. The van der Waals surface area contributed by atoms with Crippen LogP contribution in [0.2, 0.25) is 0 Å². The van der Waals surface area contributed by atoms with Gasteiger partial charge in [-0.2, -0.15) is 0 Å². The first-order valence-corrected chi connectivity index (χ1v) is 6.91. The predicted molar refractivity (Wildman–Crippen MR) is 77.4 cm³/mol. The number of carbonyl (C=O) groups excluding carboxylic acids is 2. The summed E-state index contributed by atoms with van der Waals surface area (Å²) in [5, 5.41) is 5.04. The number of nitrogens with one attached hydrogen (secondary N) is 2. The SMILES string of the molecule is CC(/C=C1\SC(=S)NC1=O)=C1/SC(=S)NC1=O. The van der Waals surface area contributed by atoms with Crippen molar-refractivity contribution in [2.75, 3.05) is 0 Å². The lowest BCUT2D eigenvalue weighted by atomic mass is 10.2. The summed E-state index contributed by atoms with van der Waals surface area (Å²) in [4.78, 5) is 24.0. The van der Waals surface area contributed by atoms with Gasteiger partial charge in [0.2, 0.25) is 0 Å². The zero-order chi connectivity index (χ0) is 12.6. The Bertz CT molecular complexity index is 521. The van der Waals surface area contributed by atoms with Gasteiger partial charge in [-0.1, -0.05) is 48.0 Å². The van der Waals surface area contributed by atoms with E-state index >= 15 is 0 Å². The number of thiocarbonyl (C=S) groups is 2. The standard InChI is InChI=1S/C9H6N2O2S4/c1-3(5-7(13)11-9(15)17-5)2-4-6(12)10-8(14)16-4/h2H,1H3,(H,10,12,14)(H,11,13,15)/b4-2-,5-3-. The second kappa shape index (κ2) is 4.89. The maximum absolute atomic E-state index is 11.5. The molecule has 0 aliphatic carbocycles. The van der Waals surface area contributed by atoms with Gasteiger partial charge in [-0.05, 0) is 18.6 Å². The largest absolute Gasteiger partial charge is 0.307 e. The van der Waals surface area contributed by atoms with Gasteiger partial charge in [0.05, 0.1) is 9.81 Å². The molecule has 2 saturated heterocycles. The summed E-state index contributed by atoms with van der Waals surface area (Å²) in [5.41, 5.74) is 0.703. The van der Waals surface area contributed by atoms with E-state index in [-0.39, 0.29) is 11.8 Å². The van der Waals surface area contributed by atoms with Crippen molar-refractivity contribution in [2.24, 2.45) is 0 Å². The molecule has 0 radical (unpaired) electrons. The number of hydrogen-bond acceptors (Lipinski definition) is 6. The number of carbonyl (C=O) groups is 2. The minimum atomic E-state index is -0.231. The first kappa shape index (κ1) is 12.7. The zero-order valence-corrected chi connectivity index (χ0v) is 11.8. The summed E-state index contributed by atoms with van der Waals surface area (Å²) in [5.74, 6) is -0.453. The molecule has 2 N–H and O–H groups in total. The molecular formula is C9H6N2O2S4. The van der Waals surface area contributed by atoms with E-state index in [1.165, 1.54) is 23.5 Å². The smallest absolute Gasteiger partial charge is 0.263 e. The molecule has 2 heterocycles. The summed E-state index contributed by atoms with van der Waals surface area (Å²) in [6.07, 6.45) is 1.65. The van der Waals surface area contributed by atoms with Crippen LogP contribution in [0.25, 0.3) is 0 Å². The van der Waals surface area contributed by atoms with E-state index in [1.54, 1.807) is 13.0 Å². The normalized spacial score (nSPS) is 25.4. The molecule has 0 saturated carbocycles. The van der Waals surface area contributed by atoms with Crippen LogP contribution in [0.15, 0.2) is 21.5 Å². The number of allylic oxidation sites excluding steroid dienone is 2. The Morgan fingerprint density at radius 3 is 2.18 bits per heavy atom. The second-order valence-corrected chi connectivity index (χ2v) is 6.61. The Morgan fingerprint density at radius 2 is 1.71 bits per heavy atom. The van der Waals surface area contributed by atoms with Crippen molar-refractivity contribution in [3.63, 3.8) is 0 Å². The molecule has 0 bridgehead atoms. The maximum atomic E-state index is 11.5. The van der Waals surface area contributed by atoms with Crippen LogP contribution in [0.4, 0.5) is 0 Å². The van der Waals surface area contributed by atoms with Crippen LogP contribution < -0.4 is 10.6 Å². The Hall–Kier alpha value is -0.700. The van der Waals surface area contributed by atoms with E-state index < -0.39 is 0 Å². The predicted octanol–water partition coefficient (Wildman–Crippen LogP) is 1.44. The second-order valence-electron chi connectivity index (χ2n) is 3.21. The van der Waals surface area contributed by atoms with Crippen molar-refractivity contribution >= 4 is 68.4 Å². The molecule has 2 amide bonds. The molecule has 2 aliphatic rings. The third kappa shape index (κ3) is 2.76. The van der Waals surface area contributed by atoms with Gasteiger partial charge in [-0.25, -0.2) is 0 Å². The molecule has 88 valence electrons. The molecule has 0 aromatic heterocycles. The molecule has 4 nitrogen and oxygen atoms in total. The minimum Gasteiger partial charge on any atom is -0.307 e. The highest BCUT2D eigenvalue weighted by Gasteiger charge is 2.26. The number of rotatable bonds is 1. The van der Waals surface area contributed by atoms with Crippen molar-refractivity contribution in [1.29, 1.82) is 0 Å². The van der Waals surface area contributed by atoms with E-state index in [2.05, 4.69) is 10.6 Å². The quantitative estimate of drug-likeness (QED) is 0.565. The lowest BCUT2D eigenvalue weighted by molar-refractivity contribution is -0.116. The fraction of sp³-hybridized carbons (Fsp3) is 0.111. The van der Waals surface area contributed by atoms with Crippen LogP contribution in [0.3, 0.4) is 0 Å². The Balaban J connectivity index is 2.30. The molecule has 0 aromatic carbocycles. The Morgan fingerprint density at radius 1 is 1.12 bits per heavy atom. The summed E-state index contributed by atoms with van der Waals surface area (Å²) < 4.78 is 0.861.